The smallest absolute Gasteiger partial charge is 0.252 e. The monoisotopic (exact) mass is 1010 g/mol. The first kappa shape index (κ1) is 39.2. The van der Waals surface area contributed by atoms with Crippen LogP contribution in [0.2, 0.25) is 0 Å². The summed E-state index contributed by atoms with van der Waals surface area (Å²) >= 11 is 0. The summed E-state index contributed by atoms with van der Waals surface area (Å²) in [7, 11) is 0. The molecule has 0 spiro atoms. The average Bonchev–Trinajstić information content (AvgIpc) is 1.03. The van der Waals surface area contributed by atoms with Gasteiger partial charge in [0.25, 0.3) is 6.71 Å². The molecule has 14 rings (SSSR count). The summed E-state index contributed by atoms with van der Waals surface area (Å²) < 4.78 is 77.0. The van der Waals surface area contributed by atoms with Crippen LogP contribution in [0.1, 0.15) is 63.6 Å². The van der Waals surface area contributed by atoms with Crippen LogP contribution in [0.3, 0.4) is 0 Å². The molecule has 78 heavy (non-hydrogen) atoms. The zero-order chi connectivity index (χ0) is 59.8. The quantitative estimate of drug-likeness (QED) is 0.149. The first-order valence-corrected chi connectivity index (χ1v) is 26.6. The molecule has 0 atom stereocenters. The minimum Gasteiger partial charge on any atom is -0.310 e. The van der Waals surface area contributed by atoms with Gasteiger partial charge in [-0.2, -0.15) is 0 Å². The molecule has 0 aliphatic carbocycles. The molecule has 9 aromatic carbocycles. The van der Waals surface area contributed by atoms with Gasteiger partial charge in [0, 0.05) is 80.6 Å². The summed E-state index contributed by atoms with van der Waals surface area (Å²) in [6.45, 7) is 13.0. The fraction of sp³-hybridized carbons (Fsp3) is 0.111. The molecule has 0 amide bonds. The molecule has 0 saturated carbocycles. The average molecular weight is 1010 g/mol. The van der Waals surface area contributed by atoms with Gasteiger partial charge in [-0.1, -0.05) is 223 Å². The Bertz CT molecular complexity index is 4360. The molecule has 0 radical (unpaired) electrons. The lowest BCUT2D eigenvalue weighted by Gasteiger charge is -2.46. The number of pyridine rings is 2. The fourth-order valence-corrected chi connectivity index (χ4v) is 11.9. The first-order chi connectivity index (χ1) is 41.3. The molecular weight excluding hydrogens is 946 g/mol. The van der Waals surface area contributed by atoms with E-state index in [4.69, 9.17) is 12.7 Å². The van der Waals surface area contributed by atoms with Crippen molar-refractivity contribution in [3.63, 3.8) is 0 Å². The zero-order valence-corrected chi connectivity index (χ0v) is 44.3. The molecule has 3 aromatic heterocycles. The van der Waals surface area contributed by atoms with Gasteiger partial charge >= 0.3 is 0 Å². The highest BCUT2D eigenvalue weighted by atomic mass is 15.2. The molecule has 2 aliphatic heterocycles. The van der Waals surface area contributed by atoms with E-state index in [1.807, 2.05) is 97.6 Å². The van der Waals surface area contributed by atoms with Gasteiger partial charge in [-0.3, -0.25) is 9.97 Å². The topological polar surface area (TPSA) is 37.2 Å². The molecule has 0 unspecified atom stereocenters. The first-order valence-electron chi connectivity index (χ1n) is 30.6. The molecule has 2 aliphatic rings. The molecule has 0 N–H and O–H groups in total. The van der Waals surface area contributed by atoms with Crippen molar-refractivity contribution in [1.82, 2.24) is 14.5 Å². The number of benzene rings is 9. The normalized spacial score (nSPS) is 14.4. The minimum absolute atomic E-state index is 0.00483. The number of nitrogens with zero attached hydrogens (tertiary/aromatic N) is 5. The Balaban J connectivity index is 1.25. The standard InChI is InChI=1S/C72H58BN5/c1-71(2,3)51-35-37-64-60(39-51)73-61-40-52(72(4,5)6)36-38-65(61)78(70-58(49-27-15-9-16-28-49)45-75-46-59(70)50-29-17-10-18-30-50)67-42-53(76-62-33-21-19-31-54(62)55-32-20-22-34-63(55)76)41-66(68(67)73)77(64)69-56(47-23-11-7-12-24-47)43-74-44-57(69)48-25-13-8-14-26-48/h7-46H,1-6H3/i19D,20D,21D,22D,31D,32D,33D,34D. The molecule has 5 heterocycles. The summed E-state index contributed by atoms with van der Waals surface area (Å²) in [6.07, 6.45) is 7.70. The van der Waals surface area contributed by atoms with E-state index in [0.717, 1.165) is 106 Å². The third kappa shape index (κ3) is 7.61. The number of rotatable bonds is 7. The van der Waals surface area contributed by atoms with E-state index in [1.54, 1.807) is 4.57 Å². The Kier molecular flexibility index (Phi) is 9.14. The van der Waals surface area contributed by atoms with Crippen molar-refractivity contribution < 1.29 is 11.0 Å². The lowest BCUT2D eigenvalue weighted by Crippen LogP contribution is -2.62. The van der Waals surface area contributed by atoms with Crippen molar-refractivity contribution >= 4 is 79.0 Å². The third-order valence-electron chi connectivity index (χ3n) is 15.7. The van der Waals surface area contributed by atoms with Crippen LogP contribution in [0.15, 0.2) is 243 Å². The minimum atomic E-state index is -0.508. The Morgan fingerprint density at radius 3 is 1.09 bits per heavy atom. The highest BCUT2D eigenvalue weighted by Crippen LogP contribution is 2.53. The van der Waals surface area contributed by atoms with Crippen molar-refractivity contribution in [2.75, 3.05) is 9.80 Å². The predicted molar refractivity (Wildman–Crippen MR) is 330 cm³/mol. The molecule has 374 valence electrons. The lowest BCUT2D eigenvalue weighted by molar-refractivity contribution is 0.590. The Hall–Kier alpha value is -9.26. The van der Waals surface area contributed by atoms with Crippen molar-refractivity contribution in [1.29, 1.82) is 0 Å². The van der Waals surface area contributed by atoms with Crippen molar-refractivity contribution in [2.45, 2.75) is 52.4 Å². The number of aromatic nitrogens is 3. The van der Waals surface area contributed by atoms with Gasteiger partial charge < -0.3 is 14.4 Å². The van der Waals surface area contributed by atoms with Gasteiger partial charge in [-0.15, -0.1) is 0 Å². The SMILES string of the molecule is [2H]c1c([2H])c([2H])c2c(c1[2H])c1c([2H])c([2H])c([2H])c([2H])c1n2-c1cc2c3c(c1)N(c1c(-c4ccccc4)cncc1-c1ccccc1)c1ccc(C(C)(C)C)cc1B3c1cc(C(C)(C)C)ccc1N2c1c(-c2ccccc2)cncc1-c1ccccc1. The van der Waals surface area contributed by atoms with Crippen LogP contribution in [0.5, 0.6) is 0 Å². The van der Waals surface area contributed by atoms with Crippen LogP contribution in [0.4, 0.5) is 34.1 Å². The second-order valence-electron chi connectivity index (χ2n) is 22.5. The largest absolute Gasteiger partial charge is 0.310 e. The third-order valence-corrected chi connectivity index (χ3v) is 15.7. The van der Waals surface area contributed by atoms with E-state index in [-0.39, 0.29) is 44.7 Å². The second-order valence-corrected chi connectivity index (χ2v) is 22.5. The summed E-state index contributed by atoms with van der Waals surface area (Å²) in [5.41, 5.74) is 17.4. The van der Waals surface area contributed by atoms with E-state index >= 15 is 0 Å². The Morgan fingerprint density at radius 2 is 0.744 bits per heavy atom. The van der Waals surface area contributed by atoms with Crippen LogP contribution in [-0.4, -0.2) is 21.2 Å². The van der Waals surface area contributed by atoms with E-state index in [2.05, 4.69) is 148 Å². The predicted octanol–water partition coefficient (Wildman–Crippen LogP) is 16.9. The van der Waals surface area contributed by atoms with Crippen molar-refractivity contribution in [3.8, 4) is 50.2 Å². The number of hydrogen-bond acceptors (Lipinski definition) is 4. The van der Waals surface area contributed by atoms with Crippen LogP contribution in [-0.2, 0) is 10.8 Å². The Labute approximate surface area is 469 Å². The van der Waals surface area contributed by atoms with Crippen LogP contribution >= 0.6 is 0 Å². The highest BCUT2D eigenvalue weighted by Gasteiger charge is 2.46. The maximum absolute atomic E-state index is 9.84. The molecule has 0 fully saturated rings. The summed E-state index contributed by atoms with van der Waals surface area (Å²) in [5.74, 6) is 0. The lowest BCUT2D eigenvalue weighted by atomic mass is 9.33. The number of anilines is 6. The van der Waals surface area contributed by atoms with Gasteiger partial charge in [-0.25, -0.2) is 0 Å². The summed E-state index contributed by atoms with van der Waals surface area (Å²) in [6, 6.07) is 55.3. The van der Waals surface area contributed by atoms with Gasteiger partial charge in [0.2, 0.25) is 0 Å². The number of para-hydroxylation sites is 2. The zero-order valence-electron chi connectivity index (χ0n) is 52.3. The van der Waals surface area contributed by atoms with E-state index in [9.17, 15) is 8.22 Å². The van der Waals surface area contributed by atoms with E-state index in [0.29, 0.717) is 5.69 Å². The maximum Gasteiger partial charge on any atom is 0.252 e. The summed E-state index contributed by atoms with van der Waals surface area (Å²) in [4.78, 5) is 14.7. The van der Waals surface area contributed by atoms with Gasteiger partial charge in [0.1, 0.15) is 0 Å². The van der Waals surface area contributed by atoms with Gasteiger partial charge in [0.15, 0.2) is 0 Å². The molecule has 0 bridgehead atoms. The number of fused-ring (bicyclic) bond motifs is 7. The van der Waals surface area contributed by atoms with Crippen molar-refractivity contribution in [3.05, 3.63) is 254 Å². The Morgan fingerprint density at radius 1 is 0.397 bits per heavy atom. The second kappa shape index (κ2) is 18.2. The van der Waals surface area contributed by atoms with E-state index < -0.39 is 43.0 Å². The van der Waals surface area contributed by atoms with Crippen LogP contribution in [0, 0.1) is 0 Å². The van der Waals surface area contributed by atoms with Crippen LogP contribution < -0.4 is 26.2 Å². The van der Waals surface area contributed by atoms with Gasteiger partial charge in [-0.05, 0) is 96.9 Å². The van der Waals surface area contributed by atoms with Crippen molar-refractivity contribution in [2.24, 2.45) is 0 Å². The molecular formula is C72H58BN5. The maximum atomic E-state index is 9.84. The molecule has 5 nitrogen and oxygen atoms in total. The fourth-order valence-electron chi connectivity index (χ4n) is 11.9. The van der Waals surface area contributed by atoms with E-state index in [1.165, 1.54) is 0 Å². The number of hydrogen-bond donors (Lipinski definition) is 0. The molecule has 0 saturated heterocycles. The summed E-state index contributed by atoms with van der Waals surface area (Å²) in [5, 5.41) is -0.00965. The molecule has 6 heteroatoms. The molecule has 12 aromatic rings. The van der Waals surface area contributed by atoms with Crippen LogP contribution in [0.25, 0.3) is 72.0 Å². The highest BCUT2D eigenvalue weighted by molar-refractivity contribution is 7.00. The van der Waals surface area contributed by atoms with Gasteiger partial charge in [0.05, 0.1) is 39.1 Å².